The van der Waals surface area contributed by atoms with Gasteiger partial charge in [0.1, 0.15) is 0 Å². The topological polar surface area (TPSA) is 58.6 Å². The maximum atomic E-state index is 12.6. The van der Waals surface area contributed by atoms with E-state index in [1.165, 1.54) is 24.3 Å². The molecule has 27 heavy (non-hydrogen) atoms. The lowest BCUT2D eigenvalue weighted by atomic mass is 10.1. The molecule has 0 aliphatic carbocycles. The Morgan fingerprint density at radius 1 is 0.889 bits per heavy atom. The van der Waals surface area contributed by atoms with Gasteiger partial charge >= 0.3 is 6.18 Å². The molecular formula is C19H17F3N2O3. The van der Waals surface area contributed by atoms with E-state index in [4.69, 9.17) is 4.74 Å². The Labute approximate surface area is 153 Å². The minimum absolute atomic E-state index is 0.131. The highest BCUT2D eigenvalue weighted by Gasteiger charge is 2.30. The first kappa shape index (κ1) is 18.9. The van der Waals surface area contributed by atoms with Gasteiger partial charge < -0.3 is 15.0 Å². The Hall–Kier alpha value is -2.87. The highest BCUT2D eigenvalue weighted by Crippen LogP contribution is 2.29. The van der Waals surface area contributed by atoms with Crippen molar-refractivity contribution in [1.29, 1.82) is 0 Å². The molecule has 0 unspecified atom stereocenters. The zero-order valence-corrected chi connectivity index (χ0v) is 14.3. The third kappa shape index (κ3) is 4.65. The molecule has 142 valence electrons. The zero-order chi connectivity index (χ0) is 19.4. The maximum Gasteiger partial charge on any atom is 0.416 e. The third-order valence-corrected chi connectivity index (χ3v) is 4.16. The minimum atomic E-state index is -4.43. The summed E-state index contributed by atoms with van der Waals surface area (Å²) < 4.78 is 42.9. The van der Waals surface area contributed by atoms with Crippen molar-refractivity contribution in [3.8, 4) is 0 Å². The molecule has 2 amide bonds. The van der Waals surface area contributed by atoms with Crippen LogP contribution in [0.25, 0.3) is 0 Å². The summed E-state index contributed by atoms with van der Waals surface area (Å²) in [6.07, 6.45) is -4.43. The molecule has 0 radical (unpaired) electrons. The average Bonchev–Trinajstić information content (AvgIpc) is 2.68. The number of nitrogens with one attached hydrogen (secondary N) is 1. The number of alkyl halides is 3. The van der Waals surface area contributed by atoms with Crippen molar-refractivity contribution in [1.82, 2.24) is 4.90 Å². The highest BCUT2D eigenvalue weighted by atomic mass is 19.4. The predicted octanol–water partition coefficient (Wildman–Crippen LogP) is 3.43. The number of halogens is 3. The van der Waals surface area contributed by atoms with Crippen molar-refractivity contribution in [2.45, 2.75) is 6.18 Å². The predicted molar refractivity (Wildman–Crippen MR) is 92.6 cm³/mol. The molecule has 3 rings (SSSR count). The van der Waals surface area contributed by atoms with Crippen molar-refractivity contribution in [3.05, 3.63) is 65.2 Å². The Morgan fingerprint density at radius 3 is 2.00 bits per heavy atom. The molecule has 1 aliphatic rings. The average molecular weight is 378 g/mol. The smallest absolute Gasteiger partial charge is 0.378 e. The van der Waals surface area contributed by atoms with Crippen molar-refractivity contribution < 1.29 is 27.5 Å². The van der Waals surface area contributed by atoms with Gasteiger partial charge in [-0.1, -0.05) is 0 Å². The number of amides is 2. The summed E-state index contributed by atoms with van der Waals surface area (Å²) in [6, 6.07) is 10.3. The van der Waals surface area contributed by atoms with Gasteiger partial charge in [0.25, 0.3) is 11.8 Å². The summed E-state index contributed by atoms with van der Waals surface area (Å²) in [5.74, 6) is -0.604. The Morgan fingerprint density at radius 2 is 1.44 bits per heavy atom. The van der Waals surface area contributed by atoms with E-state index in [1.54, 1.807) is 17.0 Å². The Kier molecular flexibility index (Phi) is 5.46. The van der Waals surface area contributed by atoms with Gasteiger partial charge in [0, 0.05) is 29.9 Å². The van der Waals surface area contributed by atoms with E-state index >= 15 is 0 Å². The van der Waals surface area contributed by atoms with Crippen LogP contribution in [0.1, 0.15) is 26.3 Å². The molecule has 1 fully saturated rings. The van der Waals surface area contributed by atoms with Gasteiger partial charge in [-0.2, -0.15) is 13.2 Å². The van der Waals surface area contributed by atoms with Crippen LogP contribution in [-0.2, 0) is 10.9 Å². The van der Waals surface area contributed by atoms with Crippen molar-refractivity contribution in [2.75, 3.05) is 31.6 Å². The molecule has 1 aliphatic heterocycles. The summed E-state index contributed by atoms with van der Waals surface area (Å²) in [5, 5.41) is 2.53. The van der Waals surface area contributed by atoms with Crippen LogP contribution in [0.4, 0.5) is 18.9 Å². The van der Waals surface area contributed by atoms with Crippen LogP contribution in [0.15, 0.2) is 48.5 Å². The number of nitrogens with zero attached hydrogens (tertiary/aromatic N) is 1. The summed E-state index contributed by atoms with van der Waals surface area (Å²) in [4.78, 5) is 26.3. The molecule has 0 atom stereocenters. The van der Waals surface area contributed by atoms with Gasteiger partial charge in [0.05, 0.1) is 18.8 Å². The minimum Gasteiger partial charge on any atom is -0.378 e. The van der Waals surface area contributed by atoms with E-state index in [0.717, 1.165) is 12.1 Å². The first-order valence-electron chi connectivity index (χ1n) is 8.30. The van der Waals surface area contributed by atoms with Crippen LogP contribution in [-0.4, -0.2) is 43.0 Å². The van der Waals surface area contributed by atoms with Gasteiger partial charge in [-0.15, -0.1) is 0 Å². The van der Waals surface area contributed by atoms with Gasteiger partial charge in [-0.3, -0.25) is 9.59 Å². The SMILES string of the molecule is O=C(Nc1ccc(C(F)(F)F)cc1)c1ccc(C(=O)N2CCOCC2)cc1. The van der Waals surface area contributed by atoms with Gasteiger partial charge in [-0.05, 0) is 48.5 Å². The highest BCUT2D eigenvalue weighted by molar-refractivity contribution is 6.05. The number of rotatable bonds is 3. The first-order chi connectivity index (χ1) is 12.8. The molecule has 8 heteroatoms. The van der Waals surface area contributed by atoms with Gasteiger partial charge in [0.2, 0.25) is 0 Å². The largest absolute Gasteiger partial charge is 0.416 e. The molecule has 2 aromatic rings. The molecule has 2 aromatic carbocycles. The molecular weight excluding hydrogens is 361 g/mol. The lowest BCUT2D eigenvalue weighted by molar-refractivity contribution is -0.137. The van der Waals surface area contributed by atoms with Crippen LogP contribution in [0, 0.1) is 0 Å². The fourth-order valence-electron chi connectivity index (χ4n) is 2.66. The Balaban J connectivity index is 1.64. The van der Waals surface area contributed by atoms with Crippen LogP contribution >= 0.6 is 0 Å². The molecule has 0 saturated carbocycles. The standard InChI is InChI=1S/C19H17F3N2O3/c20-19(21,22)15-5-7-16(8-6-15)23-17(25)13-1-3-14(4-2-13)18(26)24-9-11-27-12-10-24/h1-8H,9-12H2,(H,23,25). The van der Waals surface area contributed by atoms with E-state index in [1.807, 2.05) is 0 Å². The molecule has 1 saturated heterocycles. The van der Waals surface area contributed by atoms with Crippen LogP contribution in [0.2, 0.25) is 0 Å². The van der Waals surface area contributed by atoms with Gasteiger partial charge in [-0.25, -0.2) is 0 Å². The summed E-state index contributed by atoms with van der Waals surface area (Å²) in [6.45, 7) is 2.04. The van der Waals surface area contributed by atoms with Crippen LogP contribution < -0.4 is 5.32 Å². The molecule has 5 nitrogen and oxygen atoms in total. The maximum absolute atomic E-state index is 12.6. The van der Waals surface area contributed by atoms with Crippen LogP contribution in [0.5, 0.6) is 0 Å². The number of hydrogen-bond donors (Lipinski definition) is 1. The lowest BCUT2D eigenvalue weighted by Gasteiger charge is -2.26. The third-order valence-electron chi connectivity index (χ3n) is 4.16. The summed E-state index contributed by atoms with van der Waals surface area (Å²) in [5.41, 5.74) is 0.226. The van der Waals surface area contributed by atoms with Gasteiger partial charge in [0.15, 0.2) is 0 Å². The summed E-state index contributed by atoms with van der Waals surface area (Å²) >= 11 is 0. The van der Waals surface area contributed by atoms with E-state index in [-0.39, 0.29) is 11.6 Å². The monoisotopic (exact) mass is 378 g/mol. The fraction of sp³-hybridized carbons (Fsp3) is 0.263. The number of carbonyl (C=O) groups is 2. The molecule has 1 N–H and O–H groups in total. The van der Waals surface area contributed by atoms with E-state index < -0.39 is 17.6 Å². The molecule has 0 bridgehead atoms. The zero-order valence-electron chi connectivity index (χ0n) is 14.3. The fourth-order valence-corrected chi connectivity index (χ4v) is 2.66. The number of benzene rings is 2. The first-order valence-corrected chi connectivity index (χ1v) is 8.30. The van der Waals surface area contributed by atoms with Crippen molar-refractivity contribution >= 4 is 17.5 Å². The van der Waals surface area contributed by atoms with E-state index in [0.29, 0.717) is 37.4 Å². The number of hydrogen-bond acceptors (Lipinski definition) is 3. The number of carbonyl (C=O) groups excluding carboxylic acids is 2. The number of ether oxygens (including phenoxy) is 1. The second kappa shape index (κ2) is 7.79. The molecule has 0 spiro atoms. The van der Waals surface area contributed by atoms with Crippen molar-refractivity contribution in [3.63, 3.8) is 0 Å². The quantitative estimate of drug-likeness (QED) is 0.890. The second-order valence-electron chi connectivity index (χ2n) is 6.01. The van der Waals surface area contributed by atoms with E-state index in [9.17, 15) is 22.8 Å². The Bertz CT molecular complexity index is 812. The normalized spacial score (nSPS) is 14.7. The second-order valence-corrected chi connectivity index (χ2v) is 6.01. The number of morpholine rings is 1. The van der Waals surface area contributed by atoms with Crippen molar-refractivity contribution in [2.24, 2.45) is 0 Å². The molecule has 1 heterocycles. The van der Waals surface area contributed by atoms with Crippen LogP contribution in [0.3, 0.4) is 0 Å². The number of anilines is 1. The molecule has 0 aromatic heterocycles. The summed E-state index contributed by atoms with van der Waals surface area (Å²) in [7, 11) is 0. The lowest BCUT2D eigenvalue weighted by Crippen LogP contribution is -2.40. The van der Waals surface area contributed by atoms with E-state index in [2.05, 4.69) is 5.32 Å².